The van der Waals surface area contributed by atoms with Crippen molar-refractivity contribution >= 4 is 33.0 Å². The highest BCUT2D eigenvalue weighted by Gasteiger charge is 2.23. The van der Waals surface area contributed by atoms with Gasteiger partial charge < -0.3 is 11.1 Å². The third-order valence-electron chi connectivity index (χ3n) is 2.02. The molecule has 0 aliphatic carbocycles. The standard InChI is InChI=1S/C10H17N3O3S2/c1-6(2)12-10(14)7(3)13-18(15,16)9-4-8(11)5-17-9/h4-7,13H,11H2,1-3H3,(H,12,14). The maximum absolute atomic E-state index is 11.9. The lowest BCUT2D eigenvalue weighted by Crippen LogP contribution is -2.46. The number of amides is 1. The number of nitrogens with one attached hydrogen (secondary N) is 2. The highest BCUT2D eigenvalue weighted by molar-refractivity contribution is 7.91. The average molecular weight is 291 g/mol. The van der Waals surface area contributed by atoms with Crippen molar-refractivity contribution in [2.75, 3.05) is 5.73 Å². The molecule has 8 heteroatoms. The number of hydrogen-bond acceptors (Lipinski definition) is 5. The van der Waals surface area contributed by atoms with E-state index in [1.165, 1.54) is 18.4 Å². The van der Waals surface area contributed by atoms with Gasteiger partial charge in [0.25, 0.3) is 10.0 Å². The van der Waals surface area contributed by atoms with Crippen LogP contribution in [0.3, 0.4) is 0 Å². The Hall–Kier alpha value is -1.12. The predicted molar refractivity (Wildman–Crippen MR) is 71.8 cm³/mol. The highest BCUT2D eigenvalue weighted by atomic mass is 32.2. The van der Waals surface area contributed by atoms with Crippen LogP contribution in [0.2, 0.25) is 0 Å². The molecule has 4 N–H and O–H groups in total. The van der Waals surface area contributed by atoms with Crippen LogP contribution in [0, 0.1) is 0 Å². The summed E-state index contributed by atoms with van der Waals surface area (Å²) in [5.74, 6) is -0.363. The van der Waals surface area contributed by atoms with Crippen molar-refractivity contribution in [2.24, 2.45) is 0 Å². The van der Waals surface area contributed by atoms with E-state index >= 15 is 0 Å². The van der Waals surface area contributed by atoms with Crippen molar-refractivity contribution in [2.45, 2.75) is 37.1 Å². The Labute approximate surface area is 111 Å². The molecule has 0 aliphatic rings. The molecular formula is C10H17N3O3S2. The highest BCUT2D eigenvalue weighted by Crippen LogP contribution is 2.21. The van der Waals surface area contributed by atoms with Crippen molar-refractivity contribution in [3.05, 3.63) is 11.4 Å². The number of nitrogen functional groups attached to an aromatic ring is 1. The number of carbonyl (C=O) groups is 1. The second-order valence-corrected chi connectivity index (χ2v) is 7.06. The molecule has 0 spiro atoms. The molecule has 1 aromatic heterocycles. The van der Waals surface area contributed by atoms with Gasteiger partial charge in [0, 0.05) is 17.1 Å². The Bertz CT molecular complexity index is 522. The third kappa shape index (κ3) is 3.97. The van der Waals surface area contributed by atoms with Gasteiger partial charge in [0.05, 0.1) is 6.04 Å². The van der Waals surface area contributed by atoms with Gasteiger partial charge in [-0.2, -0.15) is 4.72 Å². The molecule has 1 atom stereocenters. The minimum absolute atomic E-state index is 0.0400. The summed E-state index contributed by atoms with van der Waals surface area (Å²) in [5.41, 5.74) is 5.86. The molecule has 0 fully saturated rings. The number of anilines is 1. The van der Waals surface area contributed by atoms with Crippen LogP contribution in [-0.4, -0.2) is 26.4 Å². The lowest BCUT2D eigenvalue weighted by molar-refractivity contribution is -0.122. The molecule has 1 unspecified atom stereocenters. The molecule has 18 heavy (non-hydrogen) atoms. The van der Waals surface area contributed by atoms with Crippen LogP contribution in [0.1, 0.15) is 20.8 Å². The molecule has 1 amide bonds. The molecule has 0 aliphatic heterocycles. The van der Waals surface area contributed by atoms with Gasteiger partial charge in [-0.1, -0.05) is 0 Å². The molecule has 0 bridgehead atoms. The average Bonchev–Trinajstić information content (AvgIpc) is 2.63. The van der Waals surface area contributed by atoms with E-state index in [-0.39, 0.29) is 16.2 Å². The SMILES string of the molecule is CC(C)NC(=O)C(C)NS(=O)(=O)c1cc(N)cs1. The van der Waals surface area contributed by atoms with Crippen LogP contribution >= 0.6 is 11.3 Å². The van der Waals surface area contributed by atoms with E-state index in [4.69, 9.17) is 5.73 Å². The van der Waals surface area contributed by atoms with Gasteiger partial charge in [-0.15, -0.1) is 11.3 Å². The second-order valence-electron chi connectivity index (χ2n) is 4.21. The summed E-state index contributed by atoms with van der Waals surface area (Å²) in [4.78, 5) is 11.6. The first-order chi connectivity index (χ1) is 8.22. The smallest absolute Gasteiger partial charge is 0.250 e. The second kappa shape index (κ2) is 5.68. The first-order valence-corrected chi connectivity index (χ1v) is 7.75. The fourth-order valence-electron chi connectivity index (χ4n) is 1.22. The summed E-state index contributed by atoms with van der Waals surface area (Å²) >= 11 is 1.02. The molecule has 0 aromatic carbocycles. The van der Waals surface area contributed by atoms with Crippen LogP contribution in [0.4, 0.5) is 5.69 Å². The minimum atomic E-state index is -3.69. The first kappa shape index (κ1) is 14.9. The molecule has 1 aromatic rings. The Kier molecular flexibility index (Phi) is 4.71. The topological polar surface area (TPSA) is 101 Å². The van der Waals surface area contributed by atoms with E-state index in [0.29, 0.717) is 5.69 Å². The zero-order valence-electron chi connectivity index (χ0n) is 10.4. The quantitative estimate of drug-likeness (QED) is 0.736. The Morgan fingerprint density at radius 1 is 1.39 bits per heavy atom. The fraction of sp³-hybridized carbons (Fsp3) is 0.500. The van der Waals surface area contributed by atoms with Gasteiger partial charge in [0.15, 0.2) is 0 Å². The summed E-state index contributed by atoms with van der Waals surface area (Å²) in [6.07, 6.45) is 0. The number of sulfonamides is 1. The largest absolute Gasteiger partial charge is 0.398 e. The van der Waals surface area contributed by atoms with Crippen molar-refractivity contribution in [3.8, 4) is 0 Å². The van der Waals surface area contributed by atoms with E-state index in [1.54, 1.807) is 13.8 Å². The monoisotopic (exact) mass is 291 g/mol. The number of nitrogens with two attached hydrogens (primary N) is 1. The summed E-state index contributed by atoms with van der Waals surface area (Å²) in [7, 11) is -3.69. The summed E-state index contributed by atoms with van der Waals surface area (Å²) in [5, 5.41) is 4.17. The van der Waals surface area contributed by atoms with Crippen LogP contribution in [0.5, 0.6) is 0 Å². The number of hydrogen-bond donors (Lipinski definition) is 3. The zero-order valence-corrected chi connectivity index (χ0v) is 12.1. The van der Waals surface area contributed by atoms with Gasteiger partial charge in [-0.25, -0.2) is 8.42 Å². The van der Waals surface area contributed by atoms with Gasteiger partial charge in [-0.3, -0.25) is 4.79 Å². The van der Waals surface area contributed by atoms with Gasteiger partial charge in [0.1, 0.15) is 4.21 Å². The molecule has 6 nitrogen and oxygen atoms in total. The van der Waals surface area contributed by atoms with E-state index in [1.807, 2.05) is 0 Å². The Balaban J connectivity index is 2.75. The molecule has 102 valence electrons. The predicted octanol–water partition coefficient (Wildman–Crippen LogP) is 0.522. The summed E-state index contributed by atoms with van der Waals surface area (Å²) < 4.78 is 26.2. The zero-order chi connectivity index (χ0) is 13.9. The molecule has 0 radical (unpaired) electrons. The Morgan fingerprint density at radius 2 is 2.00 bits per heavy atom. The van der Waals surface area contributed by atoms with Crippen molar-refractivity contribution in [1.82, 2.24) is 10.0 Å². The maximum Gasteiger partial charge on any atom is 0.250 e. The molecule has 1 heterocycles. The van der Waals surface area contributed by atoms with E-state index < -0.39 is 16.1 Å². The fourth-order valence-corrected chi connectivity index (χ4v) is 3.52. The first-order valence-electron chi connectivity index (χ1n) is 5.39. The van der Waals surface area contributed by atoms with E-state index in [2.05, 4.69) is 10.0 Å². The minimum Gasteiger partial charge on any atom is -0.398 e. The molecular weight excluding hydrogens is 274 g/mol. The number of carbonyl (C=O) groups excluding carboxylic acids is 1. The van der Waals surface area contributed by atoms with Gasteiger partial charge in [0.2, 0.25) is 5.91 Å². The summed E-state index contributed by atoms with van der Waals surface area (Å²) in [6, 6.07) is 0.489. The molecule has 1 rings (SSSR count). The van der Waals surface area contributed by atoms with Crippen LogP contribution in [-0.2, 0) is 14.8 Å². The lowest BCUT2D eigenvalue weighted by Gasteiger charge is -2.15. The molecule has 0 saturated carbocycles. The van der Waals surface area contributed by atoms with Crippen LogP contribution in [0.25, 0.3) is 0 Å². The van der Waals surface area contributed by atoms with Crippen molar-refractivity contribution in [1.29, 1.82) is 0 Å². The number of thiophene rings is 1. The Morgan fingerprint density at radius 3 is 2.44 bits per heavy atom. The summed E-state index contributed by atoms with van der Waals surface area (Å²) in [6.45, 7) is 5.10. The molecule has 0 saturated heterocycles. The normalized spacial score (nSPS) is 13.6. The maximum atomic E-state index is 11.9. The van der Waals surface area contributed by atoms with E-state index in [9.17, 15) is 13.2 Å². The van der Waals surface area contributed by atoms with Crippen molar-refractivity contribution < 1.29 is 13.2 Å². The van der Waals surface area contributed by atoms with Gasteiger partial charge in [-0.05, 0) is 26.8 Å². The van der Waals surface area contributed by atoms with Crippen molar-refractivity contribution in [3.63, 3.8) is 0 Å². The van der Waals surface area contributed by atoms with Crippen LogP contribution < -0.4 is 15.8 Å². The number of rotatable bonds is 5. The van der Waals surface area contributed by atoms with Crippen LogP contribution in [0.15, 0.2) is 15.7 Å². The van der Waals surface area contributed by atoms with Gasteiger partial charge >= 0.3 is 0 Å². The third-order valence-corrected chi connectivity index (χ3v) is 5.02. The lowest BCUT2D eigenvalue weighted by atomic mass is 10.3. The van der Waals surface area contributed by atoms with E-state index in [0.717, 1.165) is 11.3 Å².